The second-order valence-electron chi connectivity index (χ2n) is 8.03. The number of halogens is 3. The normalized spacial score (nSPS) is 13.6. The van der Waals surface area contributed by atoms with Crippen LogP contribution < -0.4 is 0 Å². The maximum absolute atomic E-state index is 12.8. The van der Waals surface area contributed by atoms with Crippen LogP contribution >= 0.6 is 0 Å². The van der Waals surface area contributed by atoms with E-state index in [0.29, 0.717) is 0 Å². The molecule has 0 saturated carbocycles. The summed E-state index contributed by atoms with van der Waals surface area (Å²) in [7, 11) is 0. The zero-order valence-corrected chi connectivity index (χ0v) is 17.3. The van der Waals surface area contributed by atoms with Gasteiger partial charge >= 0.3 is 6.18 Å². The summed E-state index contributed by atoms with van der Waals surface area (Å²) >= 11 is 0. The molecule has 0 amide bonds. The van der Waals surface area contributed by atoms with Crippen molar-refractivity contribution < 1.29 is 13.2 Å². The van der Waals surface area contributed by atoms with Crippen molar-refractivity contribution in [3.05, 3.63) is 119 Å². The van der Waals surface area contributed by atoms with Crippen LogP contribution in [0.4, 0.5) is 13.2 Å². The lowest BCUT2D eigenvalue weighted by atomic mass is 9.78. The number of allylic oxidation sites excluding steroid dienone is 1. The maximum atomic E-state index is 12.8. The fourth-order valence-electron chi connectivity index (χ4n) is 3.79. The second-order valence-corrected chi connectivity index (χ2v) is 8.03. The highest BCUT2D eigenvalue weighted by molar-refractivity contribution is 5.34. The molecule has 0 spiro atoms. The molecule has 0 bridgehead atoms. The van der Waals surface area contributed by atoms with Crippen LogP contribution in [0, 0.1) is 0 Å². The van der Waals surface area contributed by atoms with E-state index in [4.69, 9.17) is 0 Å². The van der Waals surface area contributed by atoms with Crippen LogP contribution in [0.5, 0.6) is 0 Å². The molecule has 0 heterocycles. The molecule has 156 valence electrons. The van der Waals surface area contributed by atoms with Gasteiger partial charge in [0.25, 0.3) is 0 Å². The highest BCUT2D eigenvalue weighted by Gasteiger charge is 2.31. The van der Waals surface area contributed by atoms with Gasteiger partial charge in [-0.05, 0) is 60.1 Å². The van der Waals surface area contributed by atoms with E-state index in [1.807, 2.05) is 19.1 Å². The van der Waals surface area contributed by atoms with Crippen LogP contribution in [-0.4, -0.2) is 0 Å². The number of alkyl halides is 3. The third-order valence-electron chi connectivity index (χ3n) is 5.73. The minimum Gasteiger partial charge on any atom is -0.166 e. The van der Waals surface area contributed by atoms with Gasteiger partial charge in [0.1, 0.15) is 0 Å². The number of hydrogen-bond donors (Lipinski definition) is 0. The lowest BCUT2D eigenvalue weighted by molar-refractivity contribution is -0.137. The number of hydrogen-bond acceptors (Lipinski definition) is 0. The SMILES string of the molecule is C=CC(C)(CCCc1cccc(Cc2ccccc2)c1)c1ccc(C(F)(F)F)cc1. The number of benzene rings is 3. The Hall–Kier alpha value is -2.81. The fourth-order valence-corrected chi connectivity index (χ4v) is 3.79. The predicted octanol–water partition coefficient (Wildman–Crippen LogP) is 7.76. The molecule has 30 heavy (non-hydrogen) atoms. The molecule has 3 aromatic rings. The summed E-state index contributed by atoms with van der Waals surface area (Å²) in [4.78, 5) is 0. The zero-order valence-electron chi connectivity index (χ0n) is 17.3. The second kappa shape index (κ2) is 9.34. The van der Waals surface area contributed by atoms with E-state index < -0.39 is 11.7 Å². The van der Waals surface area contributed by atoms with E-state index in [9.17, 15) is 13.2 Å². The molecule has 0 aromatic heterocycles. The zero-order chi connectivity index (χ0) is 21.6. The summed E-state index contributed by atoms with van der Waals surface area (Å²) in [5, 5.41) is 0. The first-order valence-electron chi connectivity index (χ1n) is 10.2. The molecule has 3 rings (SSSR count). The Kier molecular flexibility index (Phi) is 6.81. The van der Waals surface area contributed by atoms with E-state index in [1.165, 1.54) is 16.7 Å². The number of rotatable bonds is 8. The summed E-state index contributed by atoms with van der Waals surface area (Å²) in [5.41, 5.74) is 3.74. The maximum Gasteiger partial charge on any atom is 0.416 e. The fraction of sp³-hybridized carbons (Fsp3) is 0.259. The van der Waals surface area contributed by atoms with Crippen LogP contribution in [0.2, 0.25) is 0 Å². The lowest BCUT2D eigenvalue weighted by Gasteiger charge is -2.27. The third-order valence-corrected chi connectivity index (χ3v) is 5.73. The van der Waals surface area contributed by atoms with Crippen molar-refractivity contribution in [1.82, 2.24) is 0 Å². The standard InChI is InChI=1S/C27H27F3/c1-3-26(2,24-14-16-25(17-15-24)27(28,29)30)18-8-13-22-11-7-12-23(20-22)19-21-9-5-4-6-10-21/h3-7,9-12,14-17,20H,1,8,13,18-19H2,2H3. The Labute approximate surface area is 177 Å². The minimum atomic E-state index is -4.31. The van der Waals surface area contributed by atoms with Crippen molar-refractivity contribution >= 4 is 0 Å². The molecule has 3 heteroatoms. The minimum absolute atomic E-state index is 0.355. The summed E-state index contributed by atoms with van der Waals surface area (Å²) in [6.45, 7) is 5.98. The Morgan fingerprint density at radius 2 is 1.37 bits per heavy atom. The first kappa shape index (κ1) is 21.9. The average Bonchev–Trinajstić information content (AvgIpc) is 2.74. The van der Waals surface area contributed by atoms with Gasteiger partial charge in [-0.2, -0.15) is 13.2 Å². The molecule has 0 N–H and O–H groups in total. The largest absolute Gasteiger partial charge is 0.416 e. The Morgan fingerprint density at radius 1 is 0.767 bits per heavy atom. The Bertz CT molecular complexity index is 955. The van der Waals surface area contributed by atoms with Crippen molar-refractivity contribution in [1.29, 1.82) is 0 Å². The molecular formula is C27H27F3. The molecule has 0 saturated heterocycles. The molecule has 3 aromatic carbocycles. The van der Waals surface area contributed by atoms with Crippen molar-refractivity contribution in [3.8, 4) is 0 Å². The molecular weight excluding hydrogens is 381 g/mol. The van der Waals surface area contributed by atoms with Gasteiger partial charge in [0.05, 0.1) is 5.56 Å². The molecule has 1 unspecified atom stereocenters. The summed E-state index contributed by atoms with van der Waals surface area (Å²) in [5.74, 6) is 0. The molecule has 1 atom stereocenters. The van der Waals surface area contributed by atoms with Gasteiger partial charge in [-0.15, -0.1) is 6.58 Å². The first-order chi connectivity index (χ1) is 14.3. The van der Waals surface area contributed by atoms with E-state index in [2.05, 4.69) is 55.1 Å². The van der Waals surface area contributed by atoms with Crippen LogP contribution in [0.3, 0.4) is 0 Å². The van der Waals surface area contributed by atoms with E-state index in [1.54, 1.807) is 12.1 Å². The van der Waals surface area contributed by atoms with Crippen molar-refractivity contribution in [2.45, 2.75) is 44.2 Å². The van der Waals surface area contributed by atoms with E-state index >= 15 is 0 Å². The van der Waals surface area contributed by atoms with Crippen molar-refractivity contribution in [2.75, 3.05) is 0 Å². The summed E-state index contributed by atoms with van der Waals surface area (Å²) < 4.78 is 38.5. The van der Waals surface area contributed by atoms with Gasteiger partial charge in [-0.3, -0.25) is 0 Å². The summed E-state index contributed by atoms with van der Waals surface area (Å²) in [6.07, 6.45) is 1.12. The summed E-state index contributed by atoms with van der Waals surface area (Å²) in [6, 6.07) is 24.5. The highest BCUT2D eigenvalue weighted by atomic mass is 19.4. The smallest absolute Gasteiger partial charge is 0.166 e. The van der Waals surface area contributed by atoms with Gasteiger partial charge in [-0.25, -0.2) is 0 Å². The lowest BCUT2D eigenvalue weighted by Crippen LogP contribution is -2.19. The van der Waals surface area contributed by atoms with Gasteiger partial charge < -0.3 is 0 Å². The van der Waals surface area contributed by atoms with Crippen molar-refractivity contribution in [2.24, 2.45) is 0 Å². The quantitative estimate of drug-likeness (QED) is 0.334. The average molecular weight is 409 g/mol. The predicted molar refractivity (Wildman–Crippen MR) is 118 cm³/mol. The third kappa shape index (κ3) is 5.63. The molecule has 0 aliphatic carbocycles. The topological polar surface area (TPSA) is 0 Å². The van der Waals surface area contributed by atoms with Crippen LogP contribution in [-0.2, 0) is 24.4 Å². The van der Waals surface area contributed by atoms with Crippen LogP contribution in [0.25, 0.3) is 0 Å². The van der Waals surface area contributed by atoms with E-state index in [0.717, 1.165) is 43.4 Å². The first-order valence-corrected chi connectivity index (χ1v) is 10.2. The molecule has 0 fully saturated rings. The van der Waals surface area contributed by atoms with Crippen LogP contribution in [0.15, 0.2) is 91.5 Å². The number of aryl methyl sites for hydroxylation is 1. The Balaban J connectivity index is 1.63. The molecule has 0 aliphatic rings. The van der Waals surface area contributed by atoms with E-state index in [-0.39, 0.29) is 5.41 Å². The Morgan fingerprint density at radius 3 is 2.00 bits per heavy atom. The van der Waals surface area contributed by atoms with Gasteiger partial charge in [0.15, 0.2) is 0 Å². The molecule has 0 aliphatic heterocycles. The van der Waals surface area contributed by atoms with Gasteiger partial charge in [0, 0.05) is 5.41 Å². The van der Waals surface area contributed by atoms with Gasteiger partial charge in [-0.1, -0.05) is 79.7 Å². The highest BCUT2D eigenvalue weighted by Crippen LogP contribution is 2.34. The molecule has 0 radical (unpaired) electrons. The van der Waals surface area contributed by atoms with Crippen LogP contribution in [0.1, 0.15) is 47.6 Å². The molecule has 0 nitrogen and oxygen atoms in total. The van der Waals surface area contributed by atoms with Gasteiger partial charge in [0.2, 0.25) is 0 Å². The van der Waals surface area contributed by atoms with Crippen molar-refractivity contribution in [3.63, 3.8) is 0 Å². The monoisotopic (exact) mass is 408 g/mol.